The molecule has 0 amide bonds. The van der Waals surface area contributed by atoms with Gasteiger partial charge in [-0.25, -0.2) is 9.97 Å². The SMILES string of the molecule is CCc1ccc(-c2nn[nH]n2)c(N2CCN(Cc3nc4ccccc4s3)CC2)n1. The van der Waals surface area contributed by atoms with Gasteiger partial charge in [0.1, 0.15) is 10.8 Å². The van der Waals surface area contributed by atoms with E-state index >= 15 is 0 Å². The number of rotatable bonds is 5. The van der Waals surface area contributed by atoms with Gasteiger partial charge >= 0.3 is 0 Å². The quantitative estimate of drug-likeness (QED) is 0.545. The van der Waals surface area contributed by atoms with Gasteiger partial charge in [-0.2, -0.15) is 5.21 Å². The number of pyridine rings is 1. The molecule has 0 saturated carbocycles. The molecule has 1 saturated heterocycles. The van der Waals surface area contributed by atoms with E-state index in [2.05, 4.69) is 61.6 Å². The largest absolute Gasteiger partial charge is 0.353 e. The van der Waals surface area contributed by atoms with Crippen LogP contribution in [0.25, 0.3) is 21.6 Å². The van der Waals surface area contributed by atoms with E-state index in [1.54, 1.807) is 11.3 Å². The summed E-state index contributed by atoms with van der Waals surface area (Å²) in [6.45, 7) is 6.79. The minimum absolute atomic E-state index is 0.590. The minimum Gasteiger partial charge on any atom is -0.353 e. The Hall–Kier alpha value is -2.91. The Bertz CT molecular complexity index is 1070. The van der Waals surface area contributed by atoms with E-state index in [-0.39, 0.29) is 0 Å². The summed E-state index contributed by atoms with van der Waals surface area (Å²) in [5.74, 6) is 1.54. The van der Waals surface area contributed by atoms with Gasteiger partial charge in [-0.3, -0.25) is 4.90 Å². The van der Waals surface area contributed by atoms with Gasteiger partial charge in [0.05, 0.1) is 22.3 Å². The zero-order chi connectivity index (χ0) is 19.6. The molecular formula is C20H22N8S. The van der Waals surface area contributed by atoms with Crippen LogP contribution in [0.1, 0.15) is 17.6 Å². The number of tetrazole rings is 1. The van der Waals surface area contributed by atoms with Crippen molar-refractivity contribution >= 4 is 27.4 Å². The molecule has 148 valence electrons. The number of H-pyrrole nitrogens is 1. The first-order chi connectivity index (χ1) is 14.3. The Morgan fingerprint density at radius 3 is 2.66 bits per heavy atom. The second-order valence-corrected chi connectivity index (χ2v) is 8.22. The van der Waals surface area contributed by atoms with Crippen LogP contribution < -0.4 is 4.90 Å². The van der Waals surface area contributed by atoms with Crippen molar-refractivity contribution in [1.82, 2.24) is 35.5 Å². The van der Waals surface area contributed by atoms with Crippen LogP contribution in [0.15, 0.2) is 36.4 Å². The minimum atomic E-state index is 0.590. The van der Waals surface area contributed by atoms with Gasteiger partial charge in [0.2, 0.25) is 5.82 Å². The summed E-state index contributed by atoms with van der Waals surface area (Å²) >= 11 is 1.79. The van der Waals surface area contributed by atoms with Gasteiger partial charge < -0.3 is 4.90 Å². The molecular weight excluding hydrogens is 384 g/mol. The van der Waals surface area contributed by atoms with Crippen molar-refractivity contribution in [1.29, 1.82) is 0 Å². The number of aryl methyl sites for hydroxylation is 1. The smallest absolute Gasteiger partial charge is 0.208 e. The summed E-state index contributed by atoms with van der Waals surface area (Å²) in [5.41, 5.74) is 3.09. The Balaban J connectivity index is 1.31. The Morgan fingerprint density at radius 2 is 1.90 bits per heavy atom. The maximum atomic E-state index is 4.88. The van der Waals surface area contributed by atoms with Crippen LogP contribution in [0.5, 0.6) is 0 Å². The van der Waals surface area contributed by atoms with Gasteiger partial charge in [-0.05, 0) is 35.9 Å². The van der Waals surface area contributed by atoms with Crippen LogP contribution in [0.2, 0.25) is 0 Å². The summed E-state index contributed by atoms with van der Waals surface area (Å²) < 4.78 is 1.26. The molecule has 1 aliphatic heterocycles. The number of aromatic amines is 1. The summed E-state index contributed by atoms with van der Waals surface area (Å²) in [5, 5.41) is 15.7. The number of piperazine rings is 1. The van der Waals surface area contributed by atoms with Gasteiger partial charge in [0.15, 0.2) is 0 Å². The second-order valence-electron chi connectivity index (χ2n) is 7.10. The van der Waals surface area contributed by atoms with Crippen LogP contribution in [-0.4, -0.2) is 61.7 Å². The number of hydrogen-bond donors (Lipinski definition) is 1. The lowest BCUT2D eigenvalue weighted by molar-refractivity contribution is 0.249. The molecule has 9 heteroatoms. The predicted octanol–water partition coefficient (Wildman–Crippen LogP) is 2.76. The van der Waals surface area contributed by atoms with Crippen molar-refractivity contribution in [2.45, 2.75) is 19.9 Å². The lowest BCUT2D eigenvalue weighted by atomic mass is 10.1. The molecule has 4 heterocycles. The fourth-order valence-corrected chi connectivity index (χ4v) is 4.68. The number of benzene rings is 1. The number of thiazole rings is 1. The molecule has 0 atom stereocenters. The van der Waals surface area contributed by atoms with Crippen molar-refractivity contribution in [3.05, 3.63) is 47.1 Å². The second kappa shape index (κ2) is 7.84. The van der Waals surface area contributed by atoms with Crippen molar-refractivity contribution in [3.63, 3.8) is 0 Å². The van der Waals surface area contributed by atoms with Crippen LogP contribution in [0, 0.1) is 0 Å². The zero-order valence-corrected chi connectivity index (χ0v) is 17.1. The Labute approximate surface area is 172 Å². The maximum absolute atomic E-state index is 4.88. The third-order valence-corrected chi connectivity index (χ3v) is 6.27. The highest BCUT2D eigenvalue weighted by molar-refractivity contribution is 7.18. The first-order valence-electron chi connectivity index (χ1n) is 9.85. The van der Waals surface area contributed by atoms with Crippen LogP contribution in [-0.2, 0) is 13.0 Å². The van der Waals surface area contributed by atoms with Gasteiger partial charge in [-0.1, -0.05) is 19.1 Å². The van der Waals surface area contributed by atoms with Crippen molar-refractivity contribution in [2.75, 3.05) is 31.1 Å². The highest BCUT2D eigenvalue weighted by Gasteiger charge is 2.23. The van der Waals surface area contributed by atoms with E-state index < -0.39 is 0 Å². The van der Waals surface area contributed by atoms with Crippen molar-refractivity contribution in [2.24, 2.45) is 0 Å². The van der Waals surface area contributed by atoms with Crippen molar-refractivity contribution < 1.29 is 0 Å². The number of para-hydroxylation sites is 1. The highest BCUT2D eigenvalue weighted by atomic mass is 32.1. The highest BCUT2D eigenvalue weighted by Crippen LogP contribution is 2.28. The van der Waals surface area contributed by atoms with E-state index in [0.29, 0.717) is 5.82 Å². The number of anilines is 1. The van der Waals surface area contributed by atoms with Crippen LogP contribution >= 0.6 is 11.3 Å². The molecule has 0 bridgehead atoms. The molecule has 1 aliphatic rings. The van der Waals surface area contributed by atoms with E-state index in [0.717, 1.165) is 61.7 Å². The fraction of sp³-hybridized carbons (Fsp3) is 0.350. The average molecular weight is 407 g/mol. The van der Waals surface area contributed by atoms with Gasteiger partial charge in [0.25, 0.3) is 0 Å². The van der Waals surface area contributed by atoms with Crippen LogP contribution in [0.3, 0.4) is 0 Å². The summed E-state index contributed by atoms with van der Waals surface area (Å²) in [7, 11) is 0. The molecule has 29 heavy (non-hydrogen) atoms. The van der Waals surface area contributed by atoms with E-state index in [1.165, 1.54) is 9.71 Å². The molecule has 5 rings (SSSR count). The molecule has 0 spiro atoms. The maximum Gasteiger partial charge on any atom is 0.208 e. The van der Waals surface area contributed by atoms with Gasteiger partial charge in [0, 0.05) is 31.9 Å². The number of nitrogens with one attached hydrogen (secondary N) is 1. The molecule has 3 aromatic heterocycles. The first-order valence-corrected chi connectivity index (χ1v) is 10.7. The molecule has 1 aromatic carbocycles. The predicted molar refractivity (Wildman–Crippen MR) is 114 cm³/mol. The molecule has 8 nitrogen and oxygen atoms in total. The molecule has 1 fully saturated rings. The molecule has 0 aliphatic carbocycles. The lowest BCUT2D eigenvalue weighted by Crippen LogP contribution is -2.46. The summed E-state index contributed by atoms with van der Waals surface area (Å²) in [6, 6.07) is 12.4. The number of hydrogen-bond acceptors (Lipinski definition) is 8. The number of aromatic nitrogens is 6. The number of fused-ring (bicyclic) bond motifs is 1. The summed E-state index contributed by atoms with van der Waals surface area (Å²) in [4.78, 5) is 14.5. The topological polar surface area (TPSA) is 86.7 Å². The number of nitrogens with zero attached hydrogens (tertiary/aromatic N) is 7. The summed E-state index contributed by atoms with van der Waals surface area (Å²) in [6.07, 6.45) is 0.900. The molecule has 4 aromatic rings. The average Bonchev–Trinajstić information content (AvgIpc) is 3.43. The molecule has 1 N–H and O–H groups in total. The van der Waals surface area contributed by atoms with Gasteiger partial charge in [-0.15, -0.1) is 21.5 Å². The first kappa shape index (κ1) is 18.1. The molecule has 0 radical (unpaired) electrons. The standard InChI is InChI=1S/C20H22N8S/c1-2-14-7-8-15(19-23-25-26-24-19)20(21-14)28-11-9-27(10-12-28)13-18-22-16-5-3-4-6-17(16)29-18/h3-8H,2,9-13H2,1H3,(H,23,24,25,26). The zero-order valence-electron chi connectivity index (χ0n) is 16.2. The van der Waals surface area contributed by atoms with E-state index in [1.807, 2.05) is 12.1 Å². The Kier molecular flexibility index (Phi) is 4.91. The lowest BCUT2D eigenvalue weighted by Gasteiger charge is -2.35. The molecule has 0 unspecified atom stereocenters. The fourth-order valence-electron chi connectivity index (χ4n) is 3.67. The third kappa shape index (κ3) is 3.70. The Morgan fingerprint density at radius 1 is 1.03 bits per heavy atom. The van der Waals surface area contributed by atoms with E-state index in [4.69, 9.17) is 9.97 Å². The monoisotopic (exact) mass is 406 g/mol. The van der Waals surface area contributed by atoms with E-state index in [9.17, 15) is 0 Å². The van der Waals surface area contributed by atoms with Crippen LogP contribution in [0.4, 0.5) is 5.82 Å². The van der Waals surface area contributed by atoms with Crippen molar-refractivity contribution in [3.8, 4) is 11.4 Å². The normalized spacial score (nSPS) is 15.3. The third-order valence-electron chi connectivity index (χ3n) is 5.25.